The third-order valence-corrected chi connectivity index (χ3v) is 4.75. The molecule has 1 aliphatic rings. The second-order valence-corrected chi connectivity index (χ2v) is 6.31. The molecule has 0 aliphatic carbocycles. The predicted octanol–water partition coefficient (Wildman–Crippen LogP) is 4.66. The Morgan fingerprint density at radius 1 is 0.957 bits per heavy atom. The number of rotatable bonds is 2. The minimum Gasteiger partial charge on any atom is -0.360 e. The standard InChI is InChI=1S/C18H13FN2OS/c19-16-11-10-15(23-16)17-20-14-9-5-4-8-13(14)18(22)21(17)12-6-2-1-3-7-12/h1-11,17,20H. The highest BCUT2D eigenvalue weighted by molar-refractivity contribution is 7.10. The summed E-state index contributed by atoms with van der Waals surface area (Å²) in [6.45, 7) is 0. The fraction of sp³-hybridized carbons (Fsp3) is 0.0556. The van der Waals surface area contributed by atoms with E-state index in [-0.39, 0.29) is 11.0 Å². The molecule has 5 heteroatoms. The fourth-order valence-electron chi connectivity index (χ4n) is 2.78. The van der Waals surface area contributed by atoms with Crippen LogP contribution in [0.15, 0.2) is 66.7 Å². The maximum atomic E-state index is 13.5. The highest BCUT2D eigenvalue weighted by Gasteiger charge is 2.34. The number of halogens is 1. The van der Waals surface area contributed by atoms with Crippen molar-refractivity contribution >= 4 is 28.6 Å². The summed E-state index contributed by atoms with van der Waals surface area (Å²) in [6.07, 6.45) is -0.422. The number of hydrogen-bond acceptors (Lipinski definition) is 3. The molecule has 2 aromatic carbocycles. The van der Waals surface area contributed by atoms with Crippen molar-refractivity contribution in [3.63, 3.8) is 0 Å². The van der Waals surface area contributed by atoms with E-state index in [0.717, 1.165) is 27.6 Å². The Hall–Kier alpha value is -2.66. The summed E-state index contributed by atoms with van der Waals surface area (Å²) in [6, 6.07) is 20.0. The summed E-state index contributed by atoms with van der Waals surface area (Å²) in [5, 5.41) is 3.09. The van der Waals surface area contributed by atoms with Crippen LogP contribution in [0.1, 0.15) is 21.4 Å². The topological polar surface area (TPSA) is 32.3 Å². The molecule has 0 saturated heterocycles. The quantitative estimate of drug-likeness (QED) is 0.743. The molecule has 0 saturated carbocycles. The van der Waals surface area contributed by atoms with E-state index in [1.807, 2.05) is 48.5 Å². The van der Waals surface area contributed by atoms with Gasteiger partial charge < -0.3 is 5.32 Å². The first-order valence-electron chi connectivity index (χ1n) is 7.23. The lowest BCUT2D eigenvalue weighted by Crippen LogP contribution is -2.42. The number of nitrogens with one attached hydrogen (secondary N) is 1. The van der Waals surface area contributed by atoms with E-state index in [1.54, 1.807) is 17.0 Å². The van der Waals surface area contributed by atoms with Crippen LogP contribution in [0, 0.1) is 5.13 Å². The third kappa shape index (κ3) is 2.39. The zero-order valence-corrected chi connectivity index (χ0v) is 12.9. The van der Waals surface area contributed by atoms with Gasteiger partial charge >= 0.3 is 0 Å². The maximum Gasteiger partial charge on any atom is 0.262 e. The fourth-order valence-corrected chi connectivity index (χ4v) is 3.56. The Labute approximate surface area is 137 Å². The van der Waals surface area contributed by atoms with E-state index in [9.17, 15) is 9.18 Å². The van der Waals surface area contributed by atoms with Gasteiger partial charge in [-0.05, 0) is 36.4 Å². The van der Waals surface area contributed by atoms with E-state index in [0.29, 0.717) is 5.56 Å². The first-order valence-corrected chi connectivity index (χ1v) is 8.05. The van der Waals surface area contributed by atoms with Crippen molar-refractivity contribution in [2.75, 3.05) is 10.2 Å². The zero-order chi connectivity index (χ0) is 15.8. The molecule has 2 heterocycles. The normalized spacial score (nSPS) is 16.8. The lowest BCUT2D eigenvalue weighted by molar-refractivity contribution is 0.0975. The minimum absolute atomic E-state index is 0.0932. The van der Waals surface area contributed by atoms with E-state index < -0.39 is 6.17 Å². The van der Waals surface area contributed by atoms with Crippen LogP contribution in [0.4, 0.5) is 15.8 Å². The molecular formula is C18H13FN2OS. The third-order valence-electron chi connectivity index (χ3n) is 3.82. The zero-order valence-electron chi connectivity index (χ0n) is 12.1. The number of carbonyl (C=O) groups excluding carboxylic acids is 1. The maximum absolute atomic E-state index is 13.5. The van der Waals surface area contributed by atoms with Crippen molar-refractivity contribution in [2.45, 2.75) is 6.17 Å². The number of thiophene rings is 1. The lowest BCUT2D eigenvalue weighted by atomic mass is 10.1. The average Bonchev–Trinajstić information content (AvgIpc) is 3.02. The molecule has 0 spiro atoms. The summed E-state index contributed by atoms with van der Waals surface area (Å²) in [4.78, 5) is 15.4. The summed E-state index contributed by atoms with van der Waals surface area (Å²) in [5.41, 5.74) is 2.16. The van der Waals surface area contributed by atoms with E-state index in [1.165, 1.54) is 6.07 Å². The molecule has 0 fully saturated rings. The number of carbonyl (C=O) groups is 1. The van der Waals surface area contributed by atoms with E-state index in [4.69, 9.17) is 0 Å². The smallest absolute Gasteiger partial charge is 0.262 e. The average molecular weight is 324 g/mol. The number of fused-ring (bicyclic) bond motifs is 1. The van der Waals surface area contributed by atoms with Gasteiger partial charge in [-0.3, -0.25) is 9.69 Å². The number of benzene rings is 2. The number of para-hydroxylation sites is 2. The van der Waals surface area contributed by atoms with Crippen molar-refractivity contribution in [3.05, 3.63) is 82.3 Å². The van der Waals surface area contributed by atoms with Gasteiger partial charge in [0.1, 0.15) is 6.17 Å². The van der Waals surface area contributed by atoms with Crippen LogP contribution in [0.5, 0.6) is 0 Å². The number of hydrogen-bond donors (Lipinski definition) is 1. The van der Waals surface area contributed by atoms with Gasteiger partial charge in [0.15, 0.2) is 5.13 Å². The number of anilines is 2. The second kappa shape index (κ2) is 5.52. The van der Waals surface area contributed by atoms with Gasteiger partial charge in [0.25, 0.3) is 5.91 Å². The minimum atomic E-state index is -0.422. The predicted molar refractivity (Wildman–Crippen MR) is 90.3 cm³/mol. The summed E-state index contributed by atoms with van der Waals surface area (Å²) in [7, 11) is 0. The number of nitrogens with zero attached hydrogens (tertiary/aromatic N) is 1. The molecule has 1 unspecified atom stereocenters. The highest BCUT2D eigenvalue weighted by atomic mass is 32.1. The van der Waals surface area contributed by atoms with Crippen LogP contribution >= 0.6 is 11.3 Å². The lowest BCUT2D eigenvalue weighted by Gasteiger charge is -2.37. The van der Waals surface area contributed by atoms with Gasteiger partial charge in [-0.15, -0.1) is 11.3 Å². The molecule has 1 atom stereocenters. The van der Waals surface area contributed by atoms with Gasteiger partial charge in [-0.2, -0.15) is 4.39 Å². The number of amides is 1. The second-order valence-electron chi connectivity index (χ2n) is 5.25. The molecule has 0 radical (unpaired) electrons. The van der Waals surface area contributed by atoms with Crippen molar-refractivity contribution in [1.82, 2.24) is 0 Å². The molecule has 4 rings (SSSR count). The van der Waals surface area contributed by atoms with E-state index >= 15 is 0 Å². The summed E-state index contributed by atoms with van der Waals surface area (Å²) < 4.78 is 13.5. The molecule has 3 aromatic rings. The molecule has 23 heavy (non-hydrogen) atoms. The summed E-state index contributed by atoms with van der Waals surface area (Å²) >= 11 is 1.05. The first-order chi connectivity index (χ1) is 11.2. The van der Waals surface area contributed by atoms with Crippen molar-refractivity contribution < 1.29 is 9.18 Å². The van der Waals surface area contributed by atoms with Crippen LogP contribution in [-0.4, -0.2) is 5.91 Å². The summed E-state index contributed by atoms with van der Waals surface area (Å²) in [5.74, 6) is -0.0932. The Bertz CT molecular complexity index is 862. The SMILES string of the molecule is O=C1c2ccccc2NC(c2ccc(F)s2)N1c1ccccc1. The molecule has 1 aliphatic heterocycles. The molecule has 3 nitrogen and oxygen atoms in total. The molecule has 114 valence electrons. The largest absolute Gasteiger partial charge is 0.360 e. The van der Waals surface area contributed by atoms with Gasteiger partial charge in [0.2, 0.25) is 0 Å². The van der Waals surface area contributed by atoms with Gasteiger partial charge in [-0.25, -0.2) is 0 Å². The molecule has 0 bridgehead atoms. The molecular weight excluding hydrogens is 311 g/mol. The first kappa shape index (κ1) is 14.0. The van der Waals surface area contributed by atoms with Gasteiger partial charge in [0.05, 0.1) is 10.4 Å². The Kier molecular flexibility index (Phi) is 3.35. The Balaban J connectivity index is 1.86. The van der Waals surface area contributed by atoms with Gasteiger partial charge in [-0.1, -0.05) is 30.3 Å². The van der Waals surface area contributed by atoms with Gasteiger partial charge in [0, 0.05) is 11.4 Å². The van der Waals surface area contributed by atoms with Crippen LogP contribution in [-0.2, 0) is 0 Å². The van der Waals surface area contributed by atoms with Crippen LogP contribution < -0.4 is 10.2 Å². The van der Waals surface area contributed by atoms with Crippen LogP contribution in [0.25, 0.3) is 0 Å². The van der Waals surface area contributed by atoms with Crippen LogP contribution in [0.2, 0.25) is 0 Å². The van der Waals surface area contributed by atoms with E-state index in [2.05, 4.69) is 5.32 Å². The highest BCUT2D eigenvalue weighted by Crippen LogP contribution is 2.38. The van der Waals surface area contributed by atoms with Crippen LogP contribution in [0.3, 0.4) is 0 Å². The molecule has 1 amide bonds. The van der Waals surface area contributed by atoms with Crippen molar-refractivity contribution in [3.8, 4) is 0 Å². The van der Waals surface area contributed by atoms with Crippen molar-refractivity contribution in [1.29, 1.82) is 0 Å². The monoisotopic (exact) mass is 324 g/mol. The Morgan fingerprint density at radius 2 is 1.70 bits per heavy atom. The Morgan fingerprint density at radius 3 is 2.43 bits per heavy atom. The van der Waals surface area contributed by atoms with Crippen molar-refractivity contribution in [2.24, 2.45) is 0 Å². The molecule has 1 N–H and O–H groups in total. The molecule has 1 aromatic heterocycles.